The standard InChI is InChI=1S/C15H17ClN2O/c1-8-6-9(2)13(12(7-8)19-5)14-10(3)18-15(16)11(4)17-14/h6-7H,1-5H3. The van der Waals surface area contributed by atoms with Crippen molar-refractivity contribution in [1.29, 1.82) is 0 Å². The van der Waals surface area contributed by atoms with Gasteiger partial charge in [0.05, 0.1) is 24.2 Å². The average Bonchev–Trinajstić information content (AvgIpc) is 2.33. The number of nitrogens with zero attached hydrogens (tertiary/aromatic N) is 2. The van der Waals surface area contributed by atoms with Crippen molar-refractivity contribution in [1.82, 2.24) is 9.97 Å². The summed E-state index contributed by atoms with van der Waals surface area (Å²) < 4.78 is 5.49. The molecule has 100 valence electrons. The van der Waals surface area contributed by atoms with Crippen LogP contribution in [-0.4, -0.2) is 17.1 Å². The second-order valence-electron chi connectivity index (χ2n) is 4.69. The summed E-state index contributed by atoms with van der Waals surface area (Å²) in [5.74, 6) is 0.816. The fraction of sp³-hybridized carbons (Fsp3) is 0.333. The number of rotatable bonds is 2. The number of ether oxygens (including phenoxy) is 1. The topological polar surface area (TPSA) is 35.0 Å². The first kappa shape index (κ1) is 13.8. The van der Waals surface area contributed by atoms with Crippen molar-refractivity contribution in [2.24, 2.45) is 0 Å². The van der Waals surface area contributed by atoms with Gasteiger partial charge in [0.15, 0.2) is 5.15 Å². The van der Waals surface area contributed by atoms with Gasteiger partial charge >= 0.3 is 0 Å². The summed E-state index contributed by atoms with van der Waals surface area (Å²) in [7, 11) is 1.67. The summed E-state index contributed by atoms with van der Waals surface area (Å²) in [6, 6.07) is 4.12. The molecule has 0 N–H and O–H groups in total. The van der Waals surface area contributed by atoms with Crippen LogP contribution < -0.4 is 4.74 Å². The number of hydrogen-bond acceptors (Lipinski definition) is 3. The second-order valence-corrected chi connectivity index (χ2v) is 5.05. The van der Waals surface area contributed by atoms with E-state index in [1.165, 1.54) is 0 Å². The fourth-order valence-corrected chi connectivity index (χ4v) is 2.37. The van der Waals surface area contributed by atoms with Crippen LogP contribution in [0, 0.1) is 27.7 Å². The van der Waals surface area contributed by atoms with Crippen molar-refractivity contribution in [3.63, 3.8) is 0 Å². The number of hydrogen-bond donors (Lipinski definition) is 0. The van der Waals surface area contributed by atoms with Gasteiger partial charge in [-0.3, -0.25) is 0 Å². The number of benzene rings is 1. The highest BCUT2D eigenvalue weighted by Crippen LogP contribution is 2.35. The van der Waals surface area contributed by atoms with Crippen molar-refractivity contribution < 1.29 is 4.74 Å². The number of methoxy groups -OCH3 is 1. The van der Waals surface area contributed by atoms with Crippen molar-refractivity contribution in [3.05, 3.63) is 39.8 Å². The van der Waals surface area contributed by atoms with Gasteiger partial charge in [-0.15, -0.1) is 0 Å². The molecule has 0 saturated heterocycles. The highest BCUT2D eigenvalue weighted by atomic mass is 35.5. The van der Waals surface area contributed by atoms with E-state index in [9.17, 15) is 0 Å². The van der Waals surface area contributed by atoms with Gasteiger partial charge in [-0.05, 0) is 44.9 Å². The third kappa shape index (κ3) is 2.56. The maximum absolute atomic E-state index is 6.01. The van der Waals surface area contributed by atoms with E-state index < -0.39 is 0 Å². The molecule has 1 heterocycles. The smallest absolute Gasteiger partial charge is 0.150 e. The molecule has 2 aromatic rings. The first-order chi connectivity index (χ1) is 8.93. The normalized spacial score (nSPS) is 10.6. The first-order valence-electron chi connectivity index (χ1n) is 6.10. The van der Waals surface area contributed by atoms with Gasteiger partial charge in [0.1, 0.15) is 5.75 Å². The zero-order valence-corrected chi connectivity index (χ0v) is 12.6. The lowest BCUT2D eigenvalue weighted by Crippen LogP contribution is -2.00. The quantitative estimate of drug-likeness (QED) is 0.830. The molecule has 2 rings (SSSR count). The van der Waals surface area contributed by atoms with Gasteiger partial charge < -0.3 is 4.74 Å². The van der Waals surface area contributed by atoms with E-state index in [0.717, 1.165) is 39.5 Å². The molecule has 4 heteroatoms. The third-order valence-electron chi connectivity index (χ3n) is 3.09. The molecule has 0 atom stereocenters. The Morgan fingerprint density at radius 3 is 2.32 bits per heavy atom. The number of aryl methyl sites for hydroxylation is 4. The molecule has 1 aromatic carbocycles. The predicted molar refractivity (Wildman–Crippen MR) is 78.0 cm³/mol. The number of halogens is 1. The van der Waals surface area contributed by atoms with Crippen LogP contribution in [0.25, 0.3) is 11.3 Å². The Morgan fingerprint density at radius 1 is 1.00 bits per heavy atom. The molecule has 0 spiro atoms. The Bertz CT molecular complexity index is 639. The lowest BCUT2D eigenvalue weighted by molar-refractivity contribution is 0.415. The second kappa shape index (κ2) is 5.17. The Balaban J connectivity index is 2.75. The van der Waals surface area contributed by atoms with E-state index in [1.807, 2.05) is 26.8 Å². The highest BCUT2D eigenvalue weighted by Gasteiger charge is 2.16. The van der Waals surface area contributed by atoms with Crippen LogP contribution in [-0.2, 0) is 0 Å². The van der Waals surface area contributed by atoms with Crippen molar-refractivity contribution in [2.75, 3.05) is 7.11 Å². The molecule has 1 aromatic heterocycles. The van der Waals surface area contributed by atoms with Crippen LogP contribution in [0.2, 0.25) is 5.15 Å². The molecular formula is C15H17ClN2O. The molecule has 0 bridgehead atoms. The summed E-state index contributed by atoms with van der Waals surface area (Å²) >= 11 is 6.01. The molecule has 3 nitrogen and oxygen atoms in total. The summed E-state index contributed by atoms with van der Waals surface area (Å²) in [5, 5.41) is 0.449. The summed E-state index contributed by atoms with van der Waals surface area (Å²) in [4.78, 5) is 8.90. The van der Waals surface area contributed by atoms with Gasteiger partial charge in [-0.25, -0.2) is 9.97 Å². The Labute approximate surface area is 118 Å². The molecule has 0 radical (unpaired) electrons. The maximum atomic E-state index is 6.01. The van der Waals surface area contributed by atoms with Crippen LogP contribution in [0.4, 0.5) is 0 Å². The van der Waals surface area contributed by atoms with Crippen molar-refractivity contribution in [2.45, 2.75) is 27.7 Å². The number of aromatic nitrogens is 2. The molecule has 0 fully saturated rings. The molecule has 0 saturated carbocycles. The van der Waals surface area contributed by atoms with Crippen LogP contribution in [0.3, 0.4) is 0 Å². The molecule has 0 aliphatic rings. The van der Waals surface area contributed by atoms with Gasteiger partial charge in [0.2, 0.25) is 0 Å². The summed E-state index contributed by atoms with van der Waals surface area (Å²) in [5.41, 5.74) is 5.63. The molecule has 0 unspecified atom stereocenters. The Hall–Kier alpha value is -1.61. The van der Waals surface area contributed by atoms with Gasteiger partial charge in [-0.1, -0.05) is 17.7 Å². The highest BCUT2D eigenvalue weighted by molar-refractivity contribution is 6.30. The van der Waals surface area contributed by atoms with Crippen LogP contribution in [0.5, 0.6) is 5.75 Å². The van der Waals surface area contributed by atoms with E-state index in [2.05, 4.69) is 23.0 Å². The fourth-order valence-electron chi connectivity index (χ4n) is 2.21. The van der Waals surface area contributed by atoms with Crippen LogP contribution >= 0.6 is 11.6 Å². The SMILES string of the molecule is COc1cc(C)cc(C)c1-c1nc(C)c(Cl)nc1C. The third-order valence-corrected chi connectivity index (χ3v) is 3.45. The van der Waals surface area contributed by atoms with Crippen molar-refractivity contribution in [3.8, 4) is 17.0 Å². The van der Waals surface area contributed by atoms with E-state index in [4.69, 9.17) is 16.3 Å². The predicted octanol–water partition coefficient (Wildman–Crippen LogP) is 4.04. The van der Waals surface area contributed by atoms with Crippen LogP contribution in [0.15, 0.2) is 12.1 Å². The molecule has 0 aliphatic heterocycles. The van der Waals surface area contributed by atoms with E-state index in [0.29, 0.717) is 5.15 Å². The zero-order valence-electron chi connectivity index (χ0n) is 11.8. The van der Waals surface area contributed by atoms with Gasteiger partial charge in [-0.2, -0.15) is 0 Å². The average molecular weight is 277 g/mol. The lowest BCUT2D eigenvalue weighted by atomic mass is 10.00. The van der Waals surface area contributed by atoms with Crippen LogP contribution in [0.1, 0.15) is 22.5 Å². The van der Waals surface area contributed by atoms with E-state index in [1.54, 1.807) is 7.11 Å². The van der Waals surface area contributed by atoms with Gasteiger partial charge in [0, 0.05) is 5.56 Å². The van der Waals surface area contributed by atoms with Crippen molar-refractivity contribution >= 4 is 11.6 Å². The van der Waals surface area contributed by atoms with Gasteiger partial charge in [0.25, 0.3) is 0 Å². The maximum Gasteiger partial charge on any atom is 0.150 e. The van der Waals surface area contributed by atoms with E-state index >= 15 is 0 Å². The Morgan fingerprint density at radius 2 is 1.68 bits per heavy atom. The first-order valence-corrected chi connectivity index (χ1v) is 6.48. The zero-order chi connectivity index (χ0) is 14.2. The monoisotopic (exact) mass is 276 g/mol. The Kier molecular flexibility index (Phi) is 3.76. The minimum Gasteiger partial charge on any atom is -0.496 e. The minimum atomic E-state index is 0.449. The summed E-state index contributed by atoms with van der Waals surface area (Å²) in [6.07, 6.45) is 0. The largest absolute Gasteiger partial charge is 0.496 e. The molecule has 0 amide bonds. The summed E-state index contributed by atoms with van der Waals surface area (Å²) in [6.45, 7) is 7.86. The molecule has 19 heavy (non-hydrogen) atoms. The molecule has 0 aliphatic carbocycles. The molecular weight excluding hydrogens is 260 g/mol. The van der Waals surface area contributed by atoms with E-state index in [-0.39, 0.29) is 0 Å². The lowest BCUT2D eigenvalue weighted by Gasteiger charge is -2.14. The minimum absolute atomic E-state index is 0.449.